The number of hydrogen-bond acceptors (Lipinski definition) is 6. The third kappa shape index (κ3) is 3.46. The van der Waals surface area contributed by atoms with Crippen LogP contribution in [0.2, 0.25) is 0 Å². The molecule has 0 radical (unpaired) electrons. The van der Waals surface area contributed by atoms with Gasteiger partial charge in [-0.25, -0.2) is 4.79 Å². The second kappa shape index (κ2) is 6.79. The van der Waals surface area contributed by atoms with E-state index in [9.17, 15) is 19.2 Å². The molecule has 1 saturated carbocycles. The van der Waals surface area contributed by atoms with Crippen molar-refractivity contribution in [1.29, 1.82) is 0 Å². The minimum Gasteiger partial charge on any atom is -0.459 e. The van der Waals surface area contributed by atoms with Crippen molar-refractivity contribution in [2.24, 2.45) is 5.41 Å². The van der Waals surface area contributed by atoms with Crippen molar-refractivity contribution in [2.45, 2.75) is 58.5 Å². The number of hydrogen-bond donors (Lipinski definition) is 0. The molecular formula is C20H23NO6. The summed E-state index contributed by atoms with van der Waals surface area (Å²) < 4.78 is 5.45. The quantitative estimate of drug-likeness (QED) is 0.460. The number of esters is 1. The highest BCUT2D eigenvalue weighted by Crippen LogP contribution is 2.40. The van der Waals surface area contributed by atoms with Gasteiger partial charge in [0.1, 0.15) is 5.60 Å². The lowest BCUT2D eigenvalue weighted by Crippen LogP contribution is -2.48. The third-order valence-electron chi connectivity index (χ3n) is 4.82. The van der Waals surface area contributed by atoms with Crippen molar-refractivity contribution in [3.05, 3.63) is 35.4 Å². The zero-order chi connectivity index (χ0) is 19.8. The summed E-state index contributed by atoms with van der Waals surface area (Å²) in [5.74, 6) is -3.00. The van der Waals surface area contributed by atoms with Gasteiger partial charge in [0, 0.05) is 0 Å². The summed E-state index contributed by atoms with van der Waals surface area (Å²) in [6.45, 7) is 5.16. The molecule has 0 spiro atoms. The largest absolute Gasteiger partial charge is 0.459 e. The van der Waals surface area contributed by atoms with E-state index in [0.717, 1.165) is 6.42 Å². The van der Waals surface area contributed by atoms with Gasteiger partial charge in [0.05, 0.1) is 11.1 Å². The first-order valence-electron chi connectivity index (χ1n) is 9.09. The van der Waals surface area contributed by atoms with Crippen molar-refractivity contribution >= 4 is 23.8 Å². The molecule has 0 atom stereocenters. The Hall–Kier alpha value is -2.70. The Bertz CT molecular complexity index is 766. The molecule has 1 aliphatic carbocycles. The van der Waals surface area contributed by atoms with Crippen molar-refractivity contribution in [1.82, 2.24) is 5.06 Å². The average molecular weight is 373 g/mol. The van der Waals surface area contributed by atoms with Crippen molar-refractivity contribution in [3.8, 4) is 0 Å². The molecular weight excluding hydrogens is 350 g/mol. The molecule has 7 nitrogen and oxygen atoms in total. The average Bonchev–Trinajstić information content (AvgIpc) is 2.86. The molecule has 2 aliphatic rings. The van der Waals surface area contributed by atoms with E-state index in [-0.39, 0.29) is 24.0 Å². The molecule has 27 heavy (non-hydrogen) atoms. The Morgan fingerprint density at radius 1 is 0.926 bits per heavy atom. The molecule has 3 rings (SSSR count). The number of nitrogens with zero attached hydrogens (tertiary/aromatic N) is 1. The topological polar surface area (TPSA) is 90.0 Å². The molecule has 1 aromatic rings. The van der Waals surface area contributed by atoms with Crippen molar-refractivity contribution < 1.29 is 28.8 Å². The maximum Gasteiger partial charge on any atom is 0.350 e. The lowest BCUT2D eigenvalue weighted by atomic mass is 9.74. The van der Waals surface area contributed by atoms with Gasteiger partial charge in [0.2, 0.25) is 0 Å². The van der Waals surface area contributed by atoms with Crippen LogP contribution >= 0.6 is 0 Å². The number of benzene rings is 1. The summed E-state index contributed by atoms with van der Waals surface area (Å²) in [4.78, 5) is 55.9. The molecule has 1 heterocycles. The van der Waals surface area contributed by atoms with Crippen LogP contribution in [0.15, 0.2) is 24.3 Å². The lowest BCUT2D eigenvalue weighted by Gasteiger charge is -2.35. The molecule has 0 N–H and O–H groups in total. The molecule has 0 bridgehead atoms. The molecule has 7 heteroatoms. The molecule has 144 valence electrons. The molecule has 1 fully saturated rings. The van der Waals surface area contributed by atoms with Gasteiger partial charge in [-0.1, -0.05) is 36.5 Å². The highest BCUT2D eigenvalue weighted by atomic mass is 16.7. The Kier molecular flexibility index (Phi) is 4.80. The SMILES string of the molecule is CC(C)(C)OC(=O)C1(C(=O)ON2C(=O)c3ccccc3C2=O)CCCCC1. The first kappa shape index (κ1) is 19.1. The number of hydroxylamine groups is 2. The van der Waals surface area contributed by atoms with Crippen LogP contribution in [0.4, 0.5) is 0 Å². The number of amides is 2. The molecule has 0 saturated heterocycles. The van der Waals surface area contributed by atoms with E-state index >= 15 is 0 Å². The Morgan fingerprint density at radius 3 is 1.93 bits per heavy atom. The summed E-state index contributed by atoms with van der Waals surface area (Å²) in [6, 6.07) is 6.23. The van der Waals surface area contributed by atoms with Crippen LogP contribution in [0.1, 0.15) is 73.6 Å². The minimum atomic E-state index is -1.50. The second-order valence-electron chi connectivity index (χ2n) is 7.97. The van der Waals surface area contributed by atoms with E-state index in [4.69, 9.17) is 9.57 Å². The smallest absolute Gasteiger partial charge is 0.350 e. The van der Waals surface area contributed by atoms with Gasteiger partial charge in [-0.2, -0.15) is 0 Å². The van der Waals surface area contributed by atoms with Crippen molar-refractivity contribution in [2.75, 3.05) is 0 Å². The fourth-order valence-electron chi connectivity index (χ4n) is 3.44. The highest BCUT2D eigenvalue weighted by molar-refractivity contribution is 6.21. The van der Waals surface area contributed by atoms with Crippen LogP contribution in [0, 0.1) is 5.41 Å². The van der Waals surface area contributed by atoms with E-state index in [0.29, 0.717) is 17.9 Å². The predicted octanol–water partition coefficient (Wildman–Crippen LogP) is 3.03. The first-order valence-corrected chi connectivity index (χ1v) is 9.09. The van der Waals surface area contributed by atoms with Gasteiger partial charge in [-0.05, 0) is 45.7 Å². The van der Waals surface area contributed by atoms with E-state index < -0.39 is 34.8 Å². The molecule has 1 aromatic carbocycles. The molecule has 2 amide bonds. The van der Waals surface area contributed by atoms with E-state index in [1.54, 1.807) is 32.9 Å². The highest BCUT2D eigenvalue weighted by Gasteiger charge is 2.53. The summed E-state index contributed by atoms with van der Waals surface area (Å²) in [7, 11) is 0. The van der Waals surface area contributed by atoms with Gasteiger partial charge in [-0.3, -0.25) is 14.4 Å². The summed E-state index contributed by atoms with van der Waals surface area (Å²) in [5.41, 5.74) is -1.92. The number of rotatable bonds is 3. The maximum absolute atomic E-state index is 13.0. The minimum absolute atomic E-state index is 0.172. The second-order valence-corrected chi connectivity index (χ2v) is 7.97. The normalized spacial score (nSPS) is 18.9. The summed E-state index contributed by atoms with van der Waals surface area (Å²) in [6.07, 6.45) is 2.76. The summed E-state index contributed by atoms with van der Waals surface area (Å²) >= 11 is 0. The summed E-state index contributed by atoms with van der Waals surface area (Å²) in [5, 5.41) is 0.452. The van der Waals surface area contributed by atoms with Gasteiger partial charge < -0.3 is 9.57 Å². The molecule has 1 aliphatic heterocycles. The predicted molar refractivity (Wildman–Crippen MR) is 94.4 cm³/mol. The lowest BCUT2D eigenvalue weighted by molar-refractivity contribution is -0.196. The van der Waals surface area contributed by atoms with Crippen LogP contribution in [-0.2, 0) is 19.2 Å². The fourth-order valence-corrected chi connectivity index (χ4v) is 3.44. The molecule has 0 unspecified atom stereocenters. The Morgan fingerprint density at radius 2 is 1.44 bits per heavy atom. The van der Waals surface area contributed by atoms with Crippen LogP contribution < -0.4 is 0 Å². The number of ether oxygens (including phenoxy) is 1. The van der Waals surface area contributed by atoms with Gasteiger partial charge in [-0.15, -0.1) is 0 Å². The standard InChI is InChI=1S/C20H23NO6/c1-19(2,3)26-17(24)20(11-7-4-8-12-20)18(25)27-21-15(22)13-9-5-6-10-14(13)16(21)23/h5-6,9-10H,4,7-8,11-12H2,1-3H3. The Balaban J connectivity index is 1.85. The fraction of sp³-hybridized carbons (Fsp3) is 0.500. The maximum atomic E-state index is 13.0. The number of fused-ring (bicyclic) bond motifs is 1. The van der Waals surface area contributed by atoms with Gasteiger partial charge in [0.25, 0.3) is 11.8 Å². The third-order valence-corrected chi connectivity index (χ3v) is 4.82. The number of carbonyl (C=O) groups excluding carboxylic acids is 4. The van der Waals surface area contributed by atoms with E-state index in [1.807, 2.05) is 0 Å². The monoisotopic (exact) mass is 373 g/mol. The van der Waals surface area contributed by atoms with Gasteiger partial charge >= 0.3 is 11.9 Å². The molecule has 0 aromatic heterocycles. The number of imide groups is 1. The first-order chi connectivity index (χ1) is 12.7. The zero-order valence-corrected chi connectivity index (χ0v) is 15.7. The van der Waals surface area contributed by atoms with E-state index in [1.165, 1.54) is 12.1 Å². The Labute approximate surface area is 157 Å². The van der Waals surface area contributed by atoms with E-state index in [2.05, 4.69) is 0 Å². The van der Waals surface area contributed by atoms with Crippen molar-refractivity contribution in [3.63, 3.8) is 0 Å². The number of carbonyl (C=O) groups is 4. The van der Waals surface area contributed by atoms with Crippen LogP contribution in [-0.4, -0.2) is 34.4 Å². The van der Waals surface area contributed by atoms with Crippen LogP contribution in [0.25, 0.3) is 0 Å². The van der Waals surface area contributed by atoms with Crippen LogP contribution in [0.5, 0.6) is 0 Å². The van der Waals surface area contributed by atoms with Gasteiger partial charge in [0.15, 0.2) is 5.41 Å². The van der Waals surface area contributed by atoms with Crippen LogP contribution in [0.3, 0.4) is 0 Å². The zero-order valence-electron chi connectivity index (χ0n) is 15.7.